The summed E-state index contributed by atoms with van der Waals surface area (Å²) in [5.41, 5.74) is 1.42. The number of nitrogens with one attached hydrogen (secondary N) is 1. The maximum atomic E-state index is 12.1. The van der Waals surface area contributed by atoms with E-state index in [1.54, 1.807) is 36.1 Å². The molecule has 1 unspecified atom stereocenters. The molecule has 0 bridgehead atoms. The zero-order valence-electron chi connectivity index (χ0n) is 12.1. The number of carbonyl (C=O) groups excluding carboxylic acids is 2. The third kappa shape index (κ3) is 4.13. The van der Waals surface area contributed by atoms with Crippen molar-refractivity contribution in [2.45, 2.75) is 33.2 Å². The maximum absolute atomic E-state index is 12.1. The number of amides is 2. The van der Waals surface area contributed by atoms with Crippen LogP contribution in [0.5, 0.6) is 0 Å². The molecule has 0 aromatic heterocycles. The molecule has 0 saturated carbocycles. The molecule has 0 aliphatic heterocycles. The molecule has 0 radical (unpaired) electrons. The van der Waals surface area contributed by atoms with Crippen LogP contribution in [0.3, 0.4) is 0 Å². The van der Waals surface area contributed by atoms with Gasteiger partial charge in [-0.3, -0.25) is 9.59 Å². The number of nitrogens with zero attached hydrogens (tertiary/aromatic N) is 1. The van der Waals surface area contributed by atoms with E-state index in [2.05, 4.69) is 11.2 Å². The monoisotopic (exact) mass is 272 g/mol. The standard InChI is InChI=1S/C16H20N2O2/c1-5-11-18(13(4)19)12(3)16(20)17-15-9-7-14(6-2)8-10-15/h2,7-10,12H,5,11H2,1,3-4H3,(H,17,20). The van der Waals surface area contributed by atoms with Gasteiger partial charge in [0.1, 0.15) is 6.04 Å². The Balaban J connectivity index is 2.73. The van der Waals surface area contributed by atoms with Crippen LogP contribution < -0.4 is 5.32 Å². The average Bonchev–Trinajstić information content (AvgIpc) is 2.44. The summed E-state index contributed by atoms with van der Waals surface area (Å²) in [6.45, 7) is 5.74. The minimum atomic E-state index is -0.500. The summed E-state index contributed by atoms with van der Waals surface area (Å²) in [5.74, 6) is 2.21. The Kier molecular flexibility index (Phi) is 5.79. The van der Waals surface area contributed by atoms with Crippen molar-refractivity contribution in [3.05, 3.63) is 29.8 Å². The largest absolute Gasteiger partial charge is 0.331 e. The van der Waals surface area contributed by atoms with E-state index in [1.165, 1.54) is 6.92 Å². The van der Waals surface area contributed by atoms with Crippen molar-refractivity contribution < 1.29 is 9.59 Å². The Bertz CT molecular complexity index is 514. The summed E-state index contributed by atoms with van der Waals surface area (Å²) in [6.07, 6.45) is 6.09. The van der Waals surface area contributed by atoms with Gasteiger partial charge in [0.05, 0.1) is 0 Å². The minimum Gasteiger partial charge on any atom is -0.331 e. The van der Waals surface area contributed by atoms with Crippen molar-refractivity contribution >= 4 is 17.5 Å². The number of terminal acetylenes is 1. The van der Waals surface area contributed by atoms with Crippen LogP contribution in [0.1, 0.15) is 32.8 Å². The smallest absolute Gasteiger partial charge is 0.246 e. The van der Waals surface area contributed by atoms with E-state index in [4.69, 9.17) is 6.42 Å². The van der Waals surface area contributed by atoms with E-state index >= 15 is 0 Å². The Hall–Kier alpha value is -2.28. The molecule has 1 aromatic rings. The second kappa shape index (κ2) is 7.34. The summed E-state index contributed by atoms with van der Waals surface area (Å²) in [6, 6.07) is 6.51. The first kappa shape index (κ1) is 15.8. The van der Waals surface area contributed by atoms with Crippen LogP contribution in [-0.4, -0.2) is 29.3 Å². The topological polar surface area (TPSA) is 49.4 Å². The first-order chi connectivity index (χ1) is 9.49. The average molecular weight is 272 g/mol. The molecule has 0 aliphatic rings. The highest BCUT2D eigenvalue weighted by Gasteiger charge is 2.22. The second-order valence-electron chi connectivity index (χ2n) is 4.60. The van der Waals surface area contributed by atoms with Crippen molar-refractivity contribution in [1.82, 2.24) is 4.90 Å². The molecular formula is C16H20N2O2. The molecule has 106 valence electrons. The first-order valence-corrected chi connectivity index (χ1v) is 6.64. The molecule has 0 spiro atoms. The number of carbonyl (C=O) groups is 2. The number of hydrogen-bond acceptors (Lipinski definition) is 2. The van der Waals surface area contributed by atoms with Crippen LogP contribution in [0.25, 0.3) is 0 Å². The van der Waals surface area contributed by atoms with Gasteiger partial charge in [-0.05, 0) is 37.6 Å². The lowest BCUT2D eigenvalue weighted by Crippen LogP contribution is -2.45. The van der Waals surface area contributed by atoms with Crippen molar-refractivity contribution in [3.8, 4) is 12.3 Å². The highest BCUT2D eigenvalue weighted by Crippen LogP contribution is 2.11. The molecule has 2 amide bonds. The Morgan fingerprint density at radius 2 is 1.95 bits per heavy atom. The maximum Gasteiger partial charge on any atom is 0.246 e. The molecule has 4 nitrogen and oxygen atoms in total. The molecule has 4 heteroatoms. The Labute approximate surface area is 120 Å². The fourth-order valence-electron chi connectivity index (χ4n) is 1.90. The van der Waals surface area contributed by atoms with Gasteiger partial charge in [0.15, 0.2) is 0 Å². The van der Waals surface area contributed by atoms with Gasteiger partial charge >= 0.3 is 0 Å². The molecule has 0 saturated heterocycles. The van der Waals surface area contributed by atoms with Gasteiger partial charge in [-0.15, -0.1) is 6.42 Å². The SMILES string of the molecule is C#Cc1ccc(NC(=O)C(C)N(CCC)C(C)=O)cc1. The van der Waals surface area contributed by atoms with Crippen LogP contribution >= 0.6 is 0 Å². The summed E-state index contributed by atoms with van der Waals surface area (Å²) < 4.78 is 0. The fraction of sp³-hybridized carbons (Fsp3) is 0.375. The zero-order valence-corrected chi connectivity index (χ0v) is 12.1. The van der Waals surface area contributed by atoms with E-state index in [9.17, 15) is 9.59 Å². The second-order valence-corrected chi connectivity index (χ2v) is 4.60. The molecule has 20 heavy (non-hydrogen) atoms. The van der Waals surface area contributed by atoms with Crippen molar-refractivity contribution in [2.24, 2.45) is 0 Å². The lowest BCUT2D eigenvalue weighted by atomic mass is 10.2. The van der Waals surface area contributed by atoms with E-state index in [0.29, 0.717) is 12.2 Å². The summed E-state index contributed by atoms with van der Waals surface area (Å²) in [4.78, 5) is 25.2. The number of anilines is 1. The van der Waals surface area contributed by atoms with Gasteiger partial charge in [0, 0.05) is 24.7 Å². The van der Waals surface area contributed by atoms with Gasteiger partial charge in [-0.2, -0.15) is 0 Å². The molecule has 0 fully saturated rings. The number of benzene rings is 1. The van der Waals surface area contributed by atoms with Crippen molar-refractivity contribution in [1.29, 1.82) is 0 Å². The Morgan fingerprint density at radius 1 is 1.35 bits per heavy atom. The predicted octanol–water partition coefficient (Wildman–Crippen LogP) is 2.25. The first-order valence-electron chi connectivity index (χ1n) is 6.64. The van der Waals surface area contributed by atoms with Gasteiger partial charge in [-0.1, -0.05) is 12.8 Å². The van der Waals surface area contributed by atoms with Gasteiger partial charge in [0.25, 0.3) is 0 Å². The lowest BCUT2D eigenvalue weighted by Gasteiger charge is -2.26. The van der Waals surface area contributed by atoms with E-state index in [-0.39, 0.29) is 11.8 Å². The van der Waals surface area contributed by atoms with Crippen LogP contribution in [-0.2, 0) is 9.59 Å². The third-order valence-electron chi connectivity index (χ3n) is 3.04. The molecule has 1 rings (SSSR count). The molecule has 1 atom stereocenters. The van der Waals surface area contributed by atoms with E-state index in [0.717, 1.165) is 12.0 Å². The quantitative estimate of drug-likeness (QED) is 0.836. The van der Waals surface area contributed by atoms with E-state index < -0.39 is 6.04 Å². The molecule has 0 aliphatic carbocycles. The summed E-state index contributed by atoms with van der Waals surface area (Å²) >= 11 is 0. The summed E-state index contributed by atoms with van der Waals surface area (Å²) in [5, 5.41) is 2.79. The van der Waals surface area contributed by atoms with Crippen LogP contribution in [0.2, 0.25) is 0 Å². The van der Waals surface area contributed by atoms with Gasteiger partial charge in [0.2, 0.25) is 11.8 Å². The third-order valence-corrected chi connectivity index (χ3v) is 3.04. The Morgan fingerprint density at radius 3 is 2.40 bits per heavy atom. The molecule has 0 heterocycles. The van der Waals surface area contributed by atoms with Crippen LogP contribution in [0.4, 0.5) is 5.69 Å². The fourth-order valence-corrected chi connectivity index (χ4v) is 1.90. The zero-order chi connectivity index (χ0) is 15.1. The van der Waals surface area contributed by atoms with Crippen molar-refractivity contribution in [3.63, 3.8) is 0 Å². The highest BCUT2D eigenvalue weighted by atomic mass is 16.2. The van der Waals surface area contributed by atoms with Crippen LogP contribution in [0.15, 0.2) is 24.3 Å². The van der Waals surface area contributed by atoms with Crippen LogP contribution in [0, 0.1) is 12.3 Å². The molecular weight excluding hydrogens is 252 g/mol. The van der Waals surface area contributed by atoms with E-state index in [1.807, 2.05) is 6.92 Å². The minimum absolute atomic E-state index is 0.0998. The summed E-state index contributed by atoms with van der Waals surface area (Å²) in [7, 11) is 0. The molecule has 1 aromatic carbocycles. The van der Waals surface area contributed by atoms with Gasteiger partial charge < -0.3 is 10.2 Å². The number of rotatable bonds is 5. The normalized spacial score (nSPS) is 11.3. The highest BCUT2D eigenvalue weighted by molar-refractivity contribution is 5.96. The predicted molar refractivity (Wildman–Crippen MR) is 80.1 cm³/mol. The van der Waals surface area contributed by atoms with Gasteiger partial charge in [-0.25, -0.2) is 0 Å². The number of hydrogen-bond donors (Lipinski definition) is 1. The molecule has 1 N–H and O–H groups in total. The lowest BCUT2D eigenvalue weighted by molar-refractivity contribution is -0.136. The van der Waals surface area contributed by atoms with Crippen molar-refractivity contribution in [2.75, 3.05) is 11.9 Å².